The smallest absolute Gasteiger partial charge is 0.351 e. The number of ketones is 1. The number of amides is 1. The van der Waals surface area contributed by atoms with Gasteiger partial charge in [-0.2, -0.15) is 0 Å². The fraction of sp³-hybridized carbons (Fsp3) is 0.689. The standard InChI is InChI=1S/C45H63FN6O12S/c1-11-31-45(9,57)39-25(5)35(50-33(53)12-2)23(3)16-43(7,59-20-29(19-58-39)51-60-21-28-14-13-27(17-48-28)40-49-32(47)22-65-40)38(26(6)37(55)44(8,46)42(56)62-31)64-41-36-30(15-24(4)61-41)52(10)18-34(54)63-36/h13-14,17,22-26,30-31,36,38-39,41,57H,11-12,15-16,18-21,47H2,1-10H3/b50-35?,51-29+/t23-,24-,25+,26+,30+,31-,36-,38-,39-,41+,43-,44+,45-/m1/s1. The van der Waals surface area contributed by atoms with Gasteiger partial charge in [-0.3, -0.25) is 24.3 Å². The van der Waals surface area contributed by atoms with Gasteiger partial charge < -0.3 is 44.1 Å². The highest BCUT2D eigenvalue weighted by molar-refractivity contribution is 7.13. The number of esters is 2. The SMILES string of the molecule is CCC(=O)N=C1[C@H](C)C[C@@]2(C)OC/C(=N/OCc3ccc(-c4nc(N)cs4)cn3)CO[C@H]([C@H]1C)[C@](C)(O)[C@@H](CC)OC(=O)[C@@](C)(F)C(=O)[C@H](C)[C@H]2O[C@@H]1O[C@H](C)C[C@H]2[C@H]1OC(=O)CN2C. The van der Waals surface area contributed by atoms with Crippen LogP contribution < -0.4 is 5.73 Å². The molecule has 1 amide bonds. The van der Waals surface area contributed by atoms with Gasteiger partial charge in [0.25, 0.3) is 5.67 Å². The van der Waals surface area contributed by atoms with Gasteiger partial charge in [0.1, 0.15) is 28.2 Å². The predicted molar refractivity (Wildman–Crippen MR) is 236 cm³/mol. The predicted octanol–water partition coefficient (Wildman–Crippen LogP) is 4.64. The number of anilines is 1. The van der Waals surface area contributed by atoms with Gasteiger partial charge in [-0.25, -0.2) is 19.2 Å². The summed E-state index contributed by atoms with van der Waals surface area (Å²) < 4.78 is 55.2. The van der Waals surface area contributed by atoms with Crippen LogP contribution in [0.1, 0.15) is 93.7 Å². The number of thiazole rings is 1. The quantitative estimate of drug-likeness (QED) is 0.209. The van der Waals surface area contributed by atoms with Crippen molar-refractivity contribution >= 4 is 52.2 Å². The minimum absolute atomic E-state index is 0.0137. The maximum absolute atomic E-state index is 17.1. The van der Waals surface area contributed by atoms with Crippen molar-refractivity contribution in [2.24, 2.45) is 27.9 Å². The number of oxime groups is 1. The molecule has 4 aliphatic rings. The van der Waals surface area contributed by atoms with Gasteiger partial charge >= 0.3 is 11.9 Å². The number of nitrogens with two attached hydrogens (primary N) is 1. The highest BCUT2D eigenvalue weighted by atomic mass is 32.1. The lowest BCUT2D eigenvalue weighted by Gasteiger charge is -2.49. The summed E-state index contributed by atoms with van der Waals surface area (Å²) in [6.07, 6.45) is -4.55. The number of hydrogen-bond donors (Lipinski definition) is 2. The molecule has 2 aromatic rings. The van der Waals surface area contributed by atoms with E-state index in [0.29, 0.717) is 28.7 Å². The number of Topliss-reactive ketones (excluding diaryl/α,β-unsaturated/α-hetero) is 1. The molecule has 0 aromatic carbocycles. The molecule has 2 aromatic heterocycles. The van der Waals surface area contributed by atoms with Gasteiger partial charge in [0.05, 0.1) is 55.4 Å². The third-order valence-electron chi connectivity index (χ3n) is 12.9. The van der Waals surface area contributed by atoms with E-state index < -0.39 is 95.1 Å². The number of rotatable bonds is 8. The Balaban J connectivity index is 1.48. The normalized spacial score (nSPS) is 37.9. The van der Waals surface area contributed by atoms with Gasteiger partial charge in [0.15, 0.2) is 24.8 Å². The van der Waals surface area contributed by atoms with Crippen LogP contribution in [0.2, 0.25) is 0 Å². The van der Waals surface area contributed by atoms with Crippen molar-refractivity contribution in [2.75, 3.05) is 32.5 Å². The molecule has 65 heavy (non-hydrogen) atoms. The molecule has 6 rings (SSSR count). The number of alkyl halides is 1. The van der Waals surface area contributed by atoms with Crippen molar-refractivity contribution in [1.29, 1.82) is 0 Å². The van der Waals surface area contributed by atoms with Crippen LogP contribution in [0.15, 0.2) is 33.9 Å². The molecule has 0 spiro atoms. The van der Waals surface area contributed by atoms with Crippen LogP contribution in [-0.2, 0) is 59.0 Å². The number of halogens is 1. The molecule has 4 saturated heterocycles. The largest absolute Gasteiger partial charge is 0.457 e. The molecule has 358 valence electrons. The lowest BCUT2D eigenvalue weighted by atomic mass is 9.73. The fourth-order valence-electron chi connectivity index (χ4n) is 9.44. The van der Waals surface area contributed by atoms with Gasteiger partial charge in [0.2, 0.25) is 5.91 Å². The highest BCUT2D eigenvalue weighted by Crippen LogP contribution is 2.42. The van der Waals surface area contributed by atoms with Crippen LogP contribution in [-0.4, -0.2) is 142 Å². The van der Waals surface area contributed by atoms with E-state index in [1.807, 2.05) is 24.8 Å². The molecule has 20 heteroatoms. The van der Waals surface area contributed by atoms with Crippen molar-refractivity contribution in [3.63, 3.8) is 0 Å². The Morgan fingerprint density at radius 1 is 1.09 bits per heavy atom. The van der Waals surface area contributed by atoms with Crippen molar-refractivity contribution < 1.29 is 61.9 Å². The van der Waals surface area contributed by atoms with Gasteiger partial charge in [-0.1, -0.05) is 39.8 Å². The number of nitrogens with zero attached hydrogens (tertiary/aromatic N) is 5. The summed E-state index contributed by atoms with van der Waals surface area (Å²) in [6, 6.07) is 3.27. The Kier molecular flexibility index (Phi) is 15.6. The lowest BCUT2D eigenvalue weighted by molar-refractivity contribution is -0.305. The van der Waals surface area contributed by atoms with Gasteiger partial charge in [-0.05, 0) is 72.1 Å². The second-order valence-corrected chi connectivity index (χ2v) is 19.1. The summed E-state index contributed by atoms with van der Waals surface area (Å²) >= 11 is 1.39. The molecule has 13 atom stereocenters. The number of nitrogen functional groups attached to an aromatic ring is 1. The zero-order valence-corrected chi connectivity index (χ0v) is 39.6. The van der Waals surface area contributed by atoms with E-state index in [1.54, 1.807) is 52.4 Å². The second kappa shape index (κ2) is 20.3. The summed E-state index contributed by atoms with van der Waals surface area (Å²) in [5, 5.41) is 19.4. The molecule has 2 bridgehead atoms. The van der Waals surface area contributed by atoms with Crippen molar-refractivity contribution in [3.05, 3.63) is 29.4 Å². The van der Waals surface area contributed by atoms with Crippen LogP contribution in [0.5, 0.6) is 0 Å². The molecular formula is C45H63FN6O12S. The Hall–Kier alpha value is -4.31. The van der Waals surface area contributed by atoms with Crippen LogP contribution in [0.3, 0.4) is 0 Å². The van der Waals surface area contributed by atoms with Gasteiger partial charge in [0, 0.05) is 41.1 Å². The molecule has 4 fully saturated rings. The zero-order valence-electron chi connectivity index (χ0n) is 38.8. The summed E-state index contributed by atoms with van der Waals surface area (Å²) in [7, 11) is 1.79. The molecule has 3 N–H and O–H groups in total. The number of carbonyl (C=O) groups is 4. The summed E-state index contributed by atoms with van der Waals surface area (Å²) in [4.78, 5) is 75.7. The van der Waals surface area contributed by atoms with E-state index in [1.165, 1.54) is 25.2 Å². The zero-order chi connectivity index (χ0) is 47.6. The number of ether oxygens (including phenoxy) is 6. The van der Waals surface area contributed by atoms with Crippen LogP contribution in [0, 0.1) is 17.8 Å². The topological polar surface area (TPSA) is 233 Å². The number of aliphatic hydroxyl groups is 1. The summed E-state index contributed by atoms with van der Waals surface area (Å²) in [5.41, 5.74) is 0.706. The number of morpholine rings is 1. The van der Waals surface area contributed by atoms with Crippen molar-refractivity contribution in [1.82, 2.24) is 14.9 Å². The maximum atomic E-state index is 17.1. The van der Waals surface area contributed by atoms with E-state index >= 15 is 4.39 Å². The number of cyclic esters (lactones) is 1. The molecule has 0 saturated carbocycles. The molecular weight excluding hydrogens is 868 g/mol. The Morgan fingerprint density at radius 2 is 1.83 bits per heavy atom. The first-order chi connectivity index (χ1) is 30.6. The maximum Gasteiger partial charge on any atom is 0.351 e. The first-order valence-electron chi connectivity index (χ1n) is 22.2. The Labute approximate surface area is 382 Å². The van der Waals surface area contributed by atoms with Gasteiger partial charge in [-0.15, -0.1) is 11.3 Å². The molecule has 4 aliphatic heterocycles. The number of fused-ring (bicyclic) bond motifs is 6. The van der Waals surface area contributed by atoms with E-state index in [4.69, 9.17) is 39.0 Å². The molecule has 0 radical (unpaired) electrons. The van der Waals surface area contributed by atoms with Crippen molar-refractivity contribution in [3.8, 4) is 10.6 Å². The molecule has 18 nitrogen and oxygen atoms in total. The lowest BCUT2D eigenvalue weighted by Crippen LogP contribution is -2.64. The Bertz CT molecular complexity index is 2120. The average Bonchev–Trinajstić information content (AvgIpc) is 3.69. The minimum Gasteiger partial charge on any atom is -0.457 e. The number of carbonyl (C=O) groups excluding carboxylic acids is 4. The third-order valence-corrected chi connectivity index (χ3v) is 13.8. The number of likely N-dealkylation sites (N-methyl/N-ethyl adjacent to an activating group) is 1. The minimum atomic E-state index is -3.25. The first kappa shape index (κ1) is 50.1. The van der Waals surface area contributed by atoms with E-state index in [0.717, 1.165) is 12.5 Å². The number of pyridine rings is 1. The monoisotopic (exact) mass is 930 g/mol. The molecule has 0 aliphatic carbocycles. The molecule has 6 heterocycles. The highest BCUT2D eigenvalue weighted by Gasteiger charge is 2.57. The number of aromatic nitrogens is 2. The van der Waals surface area contributed by atoms with Crippen LogP contribution >= 0.6 is 11.3 Å². The van der Waals surface area contributed by atoms with Crippen LogP contribution in [0.4, 0.5) is 10.2 Å². The van der Waals surface area contributed by atoms with Crippen LogP contribution in [0.25, 0.3) is 10.6 Å². The third kappa shape index (κ3) is 11.0. The second-order valence-electron chi connectivity index (χ2n) is 18.3. The molecule has 0 unspecified atom stereocenters. The van der Waals surface area contributed by atoms with E-state index in [9.17, 15) is 24.3 Å². The van der Waals surface area contributed by atoms with Crippen molar-refractivity contribution in [2.45, 2.75) is 154 Å². The summed E-state index contributed by atoms with van der Waals surface area (Å²) in [6.45, 7) is 13.4. The summed E-state index contributed by atoms with van der Waals surface area (Å²) in [5.74, 6) is -6.22. The number of aliphatic imine (C=N–C) groups is 1. The number of hydrogen-bond acceptors (Lipinski definition) is 18. The first-order valence-corrected chi connectivity index (χ1v) is 23.1. The fourth-order valence-corrected chi connectivity index (χ4v) is 10.1. The van der Waals surface area contributed by atoms with E-state index in [2.05, 4.69) is 20.1 Å². The van der Waals surface area contributed by atoms with E-state index in [-0.39, 0.29) is 57.4 Å². The average molecular weight is 931 g/mol. The Morgan fingerprint density at radius 3 is 2.48 bits per heavy atom.